The predicted molar refractivity (Wildman–Crippen MR) is 81.2 cm³/mol. The molecule has 0 heterocycles. The summed E-state index contributed by atoms with van der Waals surface area (Å²) in [6.45, 7) is 11.9. The van der Waals surface area contributed by atoms with Crippen LogP contribution in [-0.4, -0.2) is 26.0 Å². The lowest BCUT2D eigenvalue weighted by molar-refractivity contribution is 0.968. The summed E-state index contributed by atoms with van der Waals surface area (Å²) in [4.78, 5) is 6.48. The maximum absolute atomic E-state index is 4.29. The lowest BCUT2D eigenvalue weighted by Crippen LogP contribution is -2.18. The molecule has 1 aromatic rings. The predicted octanol–water partition coefficient (Wildman–Crippen LogP) is 3.14. The van der Waals surface area contributed by atoms with E-state index in [1.165, 1.54) is 5.69 Å². The fraction of sp³-hybridized carbons (Fsp3) is 0.400. The van der Waals surface area contributed by atoms with Gasteiger partial charge < -0.3 is 10.2 Å². The van der Waals surface area contributed by atoms with Crippen molar-refractivity contribution < 1.29 is 0 Å². The lowest BCUT2D eigenvalue weighted by atomic mass is 10.1. The monoisotopic (exact) mass is 245 g/mol. The first kappa shape index (κ1) is 14.3. The van der Waals surface area contributed by atoms with Gasteiger partial charge in [-0.3, -0.25) is 4.99 Å². The van der Waals surface area contributed by atoms with Gasteiger partial charge in [0, 0.05) is 31.5 Å². The quantitative estimate of drug-likeness (QED) is 0.637. The Hall–Kier alpha value is -1.77. The zero-order valence-electron chi connectivity index (χ0n) is 11.8. The van der Waals surface area contributed by atoms with E-state index in [-0.39, 0.29) is 0 Å². The van der Waals surface area contributed by atoms with Crippen molar-refractivity contribution in [2.24, 2.45) is 4.99 Å². The number of nitrogens with zero attached hydrogens (tertiary/aromatic N) is 2. The Bertz CT molecular complexity index is 418. The zero-order valence-corrected chi connectivity index (χ0v) is 11.8. The number of rotatable bonds is 5. The molecule has 0 aromatic heterocycles. The summed E-state index contributed by atoms with van der Waals surface area (Å²) >= 11 is 0. The Morgan fingerprint density at radius 3 is 2.39 bits per heavy atom. The largest absolute Gasteiger partial charge is 0.375 e. The van der Waals surface area contributed by atoms with E-state index in [1.807, 2.05) is 13.8 Å². The van der Waals surface area contributed by atoms with E-state index in [9.17, 15) is 0 Å². The third kappa shape index (κ3) is 3.91. The highest BCUT2D eigenvalue weighted by molar-refractivity contribution is 5.88. The third-order valence-electron chi connectivity index (χ3n) is 2.86. The molecule has 3 nitrogen and oxygen atoms in total. The van der Waals surface area contributed by atoms with Crippen LogP contribution >= 0.6 is 0 Å². The number of hydrogen-bond donors (Lipinski definition) is 1. The van der Waals surface area contributed by atoms with E-state index in [4.69, 9.17) is 0 Å². The number of hydrogen-bond acceptors (Lipinski definition) is 2. The van der Waals surface area contributed by atoms with Crippen molar-refractivity contribution in [2.75, 3.05) is 25.0 Å². The van der Waals surface area contributed by atoms with Crippen molar-refractivity contribution in [1.82, 2.24) is 5.32 Å². The van der Waals surface area contributed by atoms with Gasteiger partial charge in [-0.25, -0.2) is 0 Å². The van der Waals surface area contributed by atoms with E-state index in [0.29, 0.717) is 0 Å². The van der Waals surface area contributed by atoms with Gasteiger partial charge in [0.2, 0.25) is 0 Å². The van der Waals surface area contributed by atoms with Crippen molar-refractivity contribution in [3.8, 4) is 0 Å². The van der Waals surface area contributed by atoms with Gasteiger partial charge >= 0.3 is 0 Å². The summed E-state index contributed by atoms with van der Waals surface area (Å²) in [5, 5.41) is 3.20. The molecule has 3 heteroatoms. The smallest absolute Gasteiger partial charge is 0.0975 e. The summed E-state index contributed by atoms with van der Waals surface area (Å²) in [5.41, 5.74) is 3.19. The van der Waals surface area contributed by atoms with Crippen molar-refractivity contribution in [1.29, 1.82) is 0 Å². The van der Waals surface area contributed by atoms with Gasteiger partial charge in [0.1, 0.15) is 0 Å². The Balaban J connectivity index is 2.73. The molecule has 0 bridgehead atoms. The molecule has 0 amide bonds. The summed E-state index contributed by atoms with van der Waals surface area (Å²) < 4.78 is 0. The van der Waals surface area contributed by atoms with E-state index >= 15 is 0 Å². The van der Waals surface area contributed by atoms with Gasteiger partial charge in [0.25, 0.3) is 0 Å². The van der Waals surface area contributed by atoms with Crippen LogP contribution in [-0.2, 0) is 0 Å². The number of benzene rings is 1. The molecular formula is C15H23N3. The highest BCUT2D eigenvalue weighted by Gasteiger charge is 2.01. The van der Waals surface area contributed by atoms with Crippen LogP contribution in [0.1, 0.15) is 26.3 Å². The molecular weight excluding hydrogens is 222 g/mol. The molecule has 0 saturated carbocycles. The molecule has 1 rings (SSSR count). The van der Waals surface area contributed by atoms with Crippen LogP contribution in [0, 0.1) is 0 Å². The van der Waals surface area contributed by atoms with Crippen molar-refractivity contribution >= 4 is 17.2 Å². The van der Waals surface area contributed by atoms with Gasteiger partial charge in [-0.2, -0.15) is 0 Å². The molecule has 0 aliphatic rings. The molecule has 1 N–H and O–H groups in total. The SMILES string of the molecule is C=C(NC(C)=NCC)c1ccc(N(C)CC)cc1. The molecule has 0 radical (unpaired) electrons. The fourth-order valence-electron chi connectivity index (χ4n) is 1.67. The molecule has 0 saturated heterocycles. The Morgan fingerprint density at radius 1 is 1.28 bits per heavy atom. The number of nitrogens with one attached hydrogen (secondary N) is 1. The van der Waals surface area contributed by atoms with Crippen LogP contribution in [0.15, 0.2) is 35.8 Å². The molecule has 0 aliphatic carbocycles. The first-order valence-electron chi connectivity index (χ1n) is 6.37. The first-order chi connectivity index (χ1) is 8.58. The number of aliphatic imine (C=N–C) groups is 1. The second kappa shape index (κ2) is 6.84. The third-order valence-corrected chi connectivity index (χ3v) is 2.86. The van der Waals surface area contributed by atoms with E-state index < -0.39 is 0 Å². The minimum atomic E-state index is 0.784. The zero-order chi connectivity index (χ0) is 13.5. The van der Waals surface area contributed by atoms with Crippen LogP contribution in [0.3, 0.4) is 0 Å². The van der Waals surface area contributed by atoms with Gasteiger partial charge in [0.05, 0.1) is 5.84 Å². The van der Waals surface area contributed by atoms with Gasteiger partial charge in [-0.1, -0.05) is 18.7 Å². The second-order valence-corrected chi connectivity index (χ2v) is 4.22. The van der Waals surface area contributed by atoms with Gasteiger partial charge in [-0.05, 0) is 38.5 Å². The molecule has 0 atom stereocenters. The summed E-state index contributed by atoms with van der Waals surface area (Å²) in [6, 6.07) is 8.38. The average molecular weight is 245 g/mol. The second-order valence-electron chi connectivity index (χ2n) is 4.22. The number of amidine groups is 1. The van der Waals surface area contributed by atoms with E-state index in [1.54, 1.807) is 0 Å². The molecule has 0 spiro atoms. The lowest BCUT2D eigenvalue weighted by Gasteiger charge is -2.17. The fourth-order valence-corrected chi connectivity index (χ4v) is 1.67. The summed E-state index contributed by atoms with van der Waals surface area (Å²) in [6.07, 6.45) is 0. The molecule has 0 fully saturated rings. The van der Waals surface area contributed by atoms with E-state index in [2.05, 4.69) is 60.0 Å². The average Bonchev–Trinajstić information content (AvgIpc) is 2.38. The maximum Gasteiger partial charge on any atom is 0.0975 e. The van der Waals surface area contributed by atoms with Crippen LogP contribution in [0.2, 0.25) is 0 Å². The molecule has 98 valence electrons. The highest BCUT2D eigenvalue weighted by Crippen LogP contribution is 2.16. The van der Waals surface area contributed by atoms with Crippen LogP contribution in [0.4, 0.5) is 5.69 Å². The molecule has 0 aliphatic heterocycles. The number of anilines is 1. The maximum atomic E-state index is 4.29. The first-order valence-corrected chi connectivity index (χ1v) is 6.37. The Labute approximate surface area is 110 Å². The molecule has 18 heavy (non-hydrogen) atoms. The molecule has 1 aromatic carbocycles. The summed E-state index contributed by atoms with van der Waals surface area (Å²) in [5.74, 6) is 0.900. The standard InChI is InChI=1S/C15H23N3/c1-6-16-13(4)17-12(3)14-8-10-15(11-9-14)18(5)7-2/h8-11H,3,6-7H2,1-2,4-5H3,(H,16,17). The topological polar surface area (TPSA) is 27.6 Å². The minimum Gasteiger partial charge on any atom is -0.375 e. The normalized spacial score (nSPS) is 11.2. The van der Waals surface area contributed by atoms with Crippen LogP contribution in [0.5, 0.6) is 0 Å². The summed E-state index contributed by atoms with van der Waals surface area (Å²) in [7, 11) is 2.08. The van der Waals surface area contributed by atoms with Crippen molar-refractivity contribution in [3.63, 3.8) is 0 Å². The van der Waals surface area contributed by atoms with Crippen LogP contribution < -0.4 is 10.2 Å². The van der Waals surface area contributed by atoms with Gasteiger partial charge in [-0.15, -0.1) is 0 Å². The Morgan fingerprint density at radius 2 is 1.89 bits per heavy atom. The molecule has 0 unspecified atom stereocenters. The van der Waals surface area contributed by atoms with Crippen molar-refractivity contribution in [3.05, 3.63) is 36.4 Å². The van der Waals surface area contributed by atoms with Gasteiger partial charge in [0.15, 0.2) is 0 Å². The van der Waals surface area contributed by atoms with Crippen molar-refractivity contribution in [2.45, 2.75) is 20.8 Å². The highest BCUT2D eigenvalue weighted by atomic mass is 15.1. The minimum absolute atomic E-state index is 0.784. The van der Waals surface area contributed by atoms with Crippen LogP contribution in [0.25, 0.3) is 5.70 Å². The Kier molecular flexibility index (Phi) is 5.43. The van der Waals surface area contributed by atoms with E-state index in [0.717, 1.165) is 30.2 Å².